The minimum absolute atomic E-state index is 0.00199. The Morgan fingerprint density at radius 3 is 2.76 bits per heavy atom. The van der Waals surface area contributed by atoms with Gasteiger partial charge in [-0.1, -0.05) is 24.3 Å². The molecule has 88 valence electrons. The number of aromatic hydroxyl groups is 1. The van der Waals surface area contributed by atoms with E-state index < -0.39 is 5.97 Å². The molecule has 0 atom stereocenters. The van der Waals surface area contributed by atoms with Gasteiger partial charge < -0.3 is 9.84 Å². The predicted octanol–water partition coefficient (Wildman–Crippen LogP) is 3.03. The second-order valence-corrected chi connectivity index (χ2v) is 3.86. The molecule has 0 aliphatic heterocycles. The summed E-state index contributed by atoms with van der Waals surface area (Å²) in [6.07, 6.45) is 0. The van der Waals surface area contributed by atoms with Gasteiger partial charge >= 0.3 is 5.97 Å². The van der Waals surface area contributed by atoms with Gasteiger partial charge in [0.25, 0.3) is 0 Å². The van der Waals surface area contributed by atoms with Gasteiger partial charge in [0, 0.05) is 0 Å². The number of carbonyl (C=O) groups is 1. The molecule has 0 aliphatic rings. The fourth-order valence-corrected chi connectivity index (χ4v) is 1.89. The SMILES string of the molecule is CCOC(=O)c1c(O)c(C)cc2ccccc12. The van der Waals surface area contributed by atoms with Gasteiger partial charge in [-0.25, -0.2) is 4.79 Å². The minimum Gasteiger partial charge on any atom is -0.507 e. The average Bonchev–Trinajstić information content (AvgIpc) is 2.31. The Labute approximate surface area is 99.6 Å². The number of ether oxygens (including phenoxy) is 1. The molecule has 0 heterocycles. The Hall–Kier alpha value is -2.03. The van der Waals surface area contributed by atoms with E-state index in [1.807, 2.05) is 24.3 Å². The van der Waals surface area contributed by atoms with Gasteiger partial charge in [0.15, 0.2) is 0 Å². The molecule has 3 nitrogen and oxygen atoms in total. The van der Waals surface area contributed by atoms with Crippen molar-refractivity contribution in [2.75, 3.05) is 6.61 Å². The molecule has 0 fully saturated rings. The maximum Gasteiger partial charge on any atom is 0.342 e. The van der Waals surface area contributed by atoms with Crippen LogP contribution in [0.2, 0.25) is 0 Å². The predicted molar refractivity (Wildman–Crippen MR) is 66.3 cm³/mol. The number of benzene rings is 2. The van der Waals surface area contributed by atoms with E-state index in [2.05, 4.69) is 0 Å². The van der Waals surface area contributed by atoms with Gasteiger partial charge in [-0.2, -0.15) is 0 Å². The largest absolute Gasteiger partial charge is 0.507 e. The van der Waals surface area contributed by atoms with Gasteiger partial charge in [0.1, 0.15) is 11.3 Å². The van der Waals surface area contributed by atoms with Gasteiger partial charge in [0.05, 0.1) is 6.61 Å². The third-order valence-electron chi connectivity index (χ3n) is 2.69. The lowest BCUT2D eigenvalue weighted by molar-refractivity contribution is 0.0525. The number of carbonyl (C=O) groups excluding carboxylic acids is 1. The number of esters is 1. The number of hydrogen-bond acceptors (Lipinski definition) is 3. The molecule has 0 amide bonds. The highest BCUT2D eigenvalue weighted by Gasteiger charge is 2.18. The first-order valence-electron chi connectivity index (χ1n) is 5.53. The Morgan fingerprint density at radius 2 is 2.06 bits per heavy atom. The molecule has 0 aliphatic carbocycles. The average molecular weight is 230 g/mol. The molecule has 3 heteroatoms. The number of phenolic OH excluding ortho intramolecular Hbond substituents is 1. The molecule has 0 saturated heterocycles. The summed E-state index contributed by atoms with van der Waals surface area (Å²) in [4.78, 5) is 11.8. The second kappa shape index (κ2) is 4.45. The number of rotatable bonds is 2. The fraction of sp³-hybridized carbons (Fsp3) is 0.214. The zero-order valence-corrected chi connectivity index (χ0v) is 9.86. The molecule has 0 unspecified atom stereocenters. The van der Waals surface area contributed by atoms with Crippen molar-refractivity contribution >= 4 is 16.7 Å². The molecule has 2 rings (SSSR count). The Morgan fingerprint density at radius 1 is 1.35 bits per heavy atom. The maximum absolute atomic E-state index is 11.8. The smallest absolute Gasteiger partial charge is 0.342 e. The summed E-state index contributed by atoms with van der Waals surface area (Å²) in [5.74, 6) is -0.480. The maximum atomic E-state index is 11.8. The van der Waals surface area contributed by atoms with Crippen molar-refractivity contribution in [3.63, 3.8) is 0 Å². The molecule has 0 bridgehead atoms. The first-order valence-corrected chi connectivity index (χ1v) is 5.53. The van der Waals surface area contributed by atoms with Crippen LogP contribution in [0.1, 0.15) is 22.8 Å². The van der Waals surface area contributed by atoms with E-state index in [0.29, 0.717) is 17.6 Å². The van der Waals surface area contributed by atoms with E-state index in [-0.39, 0.29) is 11.3 Å². The van der Waals surface area contributed by atoms with Crippen molar-refractivity contribution in [2.24, 2.45) is 0 Å². The fourth-order valence-electron chi connectivity index (χ4n) is 1.89. The van der Waals surface area contributed by atoms with Crippen LogP contribution in [0.4, 0.5) is 0 Å². The van der Waals surface area contributed by atoms with Crippen LogP contribution in [0, 0.1) is 6.92 Å². The summed E-state index contributed by atoms with van der Waals surface area (Å²) < 4.78 is 4.97. The highest BCUT2D eigenvalue weighted by atomic mass is 16.5. The van der Waals surface area contributed by atoms with Gasteiger partial charge in [0.2, 0.25) is 0 Å². The van der Waals surface area contributed by atoms with Crippen LogP contribution < -0.4 is 0 Å². The molecule has 1 N–H and O–H groups in total. The van der Waals surface area contributed by atoms with E-state index in [1.54, 1.807) is 19.9 Å². The Balaban J connectivity index is 2.74. The molecular weight excluding hydrogens is 216 g/mol. The van der Waals surface area contributed by atoms with Crippen molar-refractivity contribution in [1.29, 1.82) is 0 Å². The summed E-state index contributed by atoms with van der Waals surface area (Å²) in [6, 6.07) is 9.30. The zero-order chi connectivity index (χ0) is 12.4. The standard InChI is InChI=1S/C14H14O3/c1-3-17-14(16)12-11-7-5-4-6-10(11)8-9(2)13(12)15/h4-8,15H,3H2,1-2H3. The van der Waals surface area contributed by atoms with Crippen LogP contribution in [-0.4, -0.2) is 17.7 Å². The van der Waals surface area contributed by atoms with Crippen molar-refractivity contribution in [1.82, 2.24) is 0 Å². The van der Waals surface area contributed by atoms with Gasteiger partial charge in [-0.05, 0) is 36.2 Å². The quantitative estimate of drug-likeness (QED) is 0.806. The third-order valence-corrected chi connectivity index (χ3v) is 2.69. The normalized spacial score (nSPS) is 10.5. The van der Waals surface area contributed by atoms with Crippen LogP contribution >= 0.6 is 0 Å². The van der Waals surface area contributed by atoms with Crippen molar-refractivity contribution in [3.8, 4) is 5.75 Å². The van der Waals surface area contributed by atoms with Crippen LogP contribution in [0.25, 0.3) is 10.8 Å². The Kier molecular flexibility index (Phi) is 3.00. The lowest BCUT2D eigenvalue weighted by Gasteiger charge is -2.10. The first kappa shape index (κ1) is 11.5. The topological polar surface area (TPSA) is 46.5 Å². The second-order valence-electron chi connectivity index (χ2n) is 3.86. The molecule has 0 spiro atoms. The van der Waals surface area contributed by atoms with Gasteiger partial charge in [-0.15, -0.1) is 0 Å². The van der Waals surface area contributed by atoms with Crippen LogP contribution in [-0.2, 0) is 4.74 Å². The summed E-state index contributed by atoms with van der Waals surface area (Å²) in [5, 5.41) is 11.6. The van der Waals surface area contributed by atoms with Crippen molar-refractivity contribution in [2.45, 2.75) is 13.8 Å². The van der Waals surface area contributed by atoms with Crippen LogP contribution in [0.3, 0.4) is 0 Å². The van der Waals surface area contributed by atoms with E-state index in [0.717, 1.165) is 5.39 Å². The van der Waals surface area contributed by atoms with E-state index in [4.69, 9.17) is 4.74 Å². The highest BCUT2D eigenvalue weighted by molar-refractivity contribution is 6.07. The summed E-state index contributed by atoms with van der Waals surface area (Å²) in [7, 11) is 0. The van der Waals surface area contributed by atoms with Crippen molar-refractivity contribution < 1.29 is 14.6 Å². The summed E-state index contributed by atoms with van der Waals surface area (Å²) in [6.45, 7) is 3.80. The van der Waals surface area contributed by atoms with E-state index in [1.165, 1.54) is 0 Å². The monoisotopic (exact) mass is 230 g/mol. The van der Waals surface area contributed by atoms with E-state index in [9.17, 15) is 9.90 Å². The lowest BCUT2D eigenvalue weighted by atomic mass is 10.00. The summed E-state index contributed by atoms with van der Waals surface area (Å²) >= 11 is 0. The summed E-state index contributed by atoms with van der Waals surface area (Å²) in [5.41, 5.74) is 0.925. The number of hydrogen-bond donors (Lipinski definition) is 1. The van der Waals surface area contributed by atoms with Crippen LogP contribution in [0.5, 0.6) is 5.75 Å². The number of aryl methyl sites for hydroxylation is 1. The molecule has 2 aromatic rings. The zero-order valence-electron chi connectivity index (χ0n) is 9.86. The molecule has 2 aromatic carbocycles. The Bertz CT molecular complexity index is 573. The minimum atomic E-state index is -0.482. The molecule has 0 saturated carbocycles. The number of phenols is 1. The first-order chi connectivity index (χ1) is 8.15. The molecule has 0 aromatic heterocycles. The third kappa shape index (κ3) is 1.96. The van der Waals surface area contributed by atoms with Crippen LogP contribution in [0.15, 0.2) is 30.3 Å². The molecule has 0 radical (unpaired) electrons. The van der Waals surface area contributed by atoms with E-state index >= 15 is 0 Å². The number of fused-ring (bicyclic) bond motifs is 1. The molecular formula is C14H14O3. The van der Waals surface area contributed by atoms with Gasteiger partial charge in [-0.3, -0.25) is 0 Å². The molecule has 17 heavy (non-hydrogen) atoms. The van der Waals surface area contributed by atoms with Crippen molar-refractivity contribution in [3.05, 3.63) is 41.5 Å². The lowest BCUT2D eigenvalue weighted by Crippen LogP contribution is -2.06. The highest BCUT2D eigenvalue weighted by Crippen LogP contribution is 2.31.